The van der Waals surface area contributed by atoms with E-state index in [1.54, 1.807) is 5.41 Å². The monoisotopic (exact) mass is 265 g/mol. The molecule has 1 aromatic carbocycles. The van der Waals surface area contributed by atoms with E-state index in [0.29, 0.717) is 10.8 Å². The second-order valence-corrected chi connectivity index (χ2v) is 5.34. The molecule has 0 fully saturated rings. The van der Waals surface area contributed by atoms with Crippen LogP contribution in [0.5, 0.6) is 0 Å². The molecule has 0 aliphatic carbocycles. The Hall–Kier alpha value is -1.16. The number of hydrogen-bond donors (Lipinski definition) is 1. The molecule has 1 atom stereocenters. The summed E-state index contributed by atoms with van der Waals surface area (Å²) in [6, 6.07) is 11.2. The van der Waals surface area contributed by atoms with E-state index in [0.717, 1.165) is 11.3 Å². The maximum Gasteiger partial charge on any atom is 0.135 e. The summed E-state index contributed by atoms with van der Waals surface area (Å²) < 4.78 is 11.8. The zero-order chi connectivity index (χ0) is 12.1. The van der Waals surface area contributed by atoms with Gasteiger partial charge in [-0.3, -0.25) is 0 Å². The van der Waals surface area contributed by atoms with Crippen LogP contribution in [0.3, 0.4) is 0 Å². The lowest BCUT2D eigenvalue weighted by molar-refractivity contribution is 0.603. The number of hydrogen-bond acceptors (Lipinski definition) is 1. The Morgan fingerprint density at radius 3 is 2.65 bits per heavy atom. The molecule has 4 heteroatoms. The van der Waals surface area contributed by atoms with Crippen LogP contribution in [0.4, 0.5) is 0 Å². The molecule has 0 saturated carbocycles. The summed E-state index contributed by atoms with van der Waals surface area (Å²) in [4.78, 5) is 3.03. The maximum atomic E-state index is 11.8. The molecule has 0 bridgehead atoms. The van der Waals surface area contributed by atoms with Gasteiger partial charge in [-0.2, -0.15) is 0 Å². The van der Waals surface area contributed by atoms with Gasteiger partial charge in [0.05, 0.1) is 0 Å². The minimum atomic E-state index is -1.01. The van der Waals surface area contributed by atoms with E-state index in [2.05, 4.69) is 4.98 Å². The van der Waals surface area contributed by atoms with Crippen LogP contribution < -0.4 is 0 Å². The molecule has 2 aromatic rings. The first-order chi connectivity index (χ1) is 8.24. The number of aromatic nitrogens is 1. The fourth-order valence-corrected chi connectivity index (χ4v) is 2.43. The van der Waals surface area contributed by atoms with Gasteiger partial charge in [0.1, 0.15) is 11.2 Å². The molecular weight excluding hydrogens is 254 g/mol. The van der Waals surface area contributed by atoms with Crippen molar-refractivity contribution in [2.75, 3.05) is 0 Å². The molecule has 1 aromatic heterocycles. The number of nitrogens with one attached hydrogen (secondary N) is 1. The van der Waals surface area contributed by atoms with Gasteiger partial charge < -0.3 is 9.54 Å². The van der Waals surface area contributed by atoms with Crippen LogP contribution in [0.1, 0.15) is 11.3 Å². The van der Waals surface area contributed by atoms with Crippen molar-refractivity contribution in [1.29, 1.82) is 0 Å². The fourth-order valence-electron chi connectivity index (χ4n) is 1.39. The van der Waals surface area contributed by atoms with Crippen LogP contribution in [0.2, 0.25) is 5.02 Å². The first kappa shape index (κ1) is 12.3. The van der Waals surface area contributed by atoms with Crippen molar-refractivity contribution in [1.82, 2.24) is 4.98 Å². The summed E-state index contributed by atoms with van der Waals surface area (Å²) in [6.45, 7) is 0. The van der Waals surface area contributed by atoms with Gasteiger partial charge in [-0.05, 0) is 35.4 Å². The SMILES string of the molecule is [O-][S+](C=Cc1ccc[nH]1)Cc1ccc(Cl)cc1. The summed E-state index contributed by atoms with van der Waals surface area (Å²) in [5.74, 6) is 0.508. The number of H-pyrrole nitrogens is 1. The zero-order valence-corrected chi connectivity index (χ0v) is 10.7. The quantitative estimate of drug-likeness (QED) is 0.843. The van der Waals surface area contributed by atoms with Gasteiger partial charge in [0, 0.05) is 28.6 Å². The predicted octanol–water partition coefficient (Wildman–Crippen LogP) is 3.59. The smallest absolute Gasteiger partial charge is 0.135 e. The molecular formula is C13H12ClNOS. The largest absolute Gasteiger partial charge is 0.612 e. The van der Waals surface area contributed by atoms with Gasteiger partial charge in [-0.15, -0.1) is 0 Å². The summed E-state index contributed by atoms with van der Waals surface area (Å²) >= 11 is 4.78. The minimum absolute atomic E-state index is 0.508. The summed E-state index contributed by atoms with van der Waals surface area (Å²) in [5, 5.41) is 2.39. The van der Waals surface area contributed by atoms with E-state index in [-0.39, 0.29) is 0 Å². The lowest BCUT2D eigenvalue weighted by atomic mass is 10.2. The third kappa shape index (κ3) is 3.97. The molecule has 0 aliphatic heterocycles. The standard InChI is InChI=1S/C13H12ClNOS/c14-12-5-3-11(4-6-12)10-17(16)9-7-13-2-1-8-15-13/h1-9,15H,10H2. The Morgan fingerprint density at radius 1 is 1.24 bits per heavy atom. The highest BCUT2D eigenvalue weighted by Gasteiger charge is 2.03. The van der Waals surface area contributed by atoms with Crippen LogP contribution in [0.25, 0.3) is 6.08 Å². The van der Waals surface area contributed by atoms with Gasteiger partial charge in [0.15, 0.2) is 0 Å². The average molecular weight is 266 g/mol. The van der Waals surface area contributed by atoms with E-state index < -0.39 is 11.2 Å². The van der Waals surface area contributed by atoms with Gasteiger partial charge >= 0.3 is 0 Å². The summed E-state index contributed by atoms with van der Waals surface area (Å²) in [7, 11) is 0. The second-order valence-electron chi connectivity index (χ2n) is 3.58. The predicted molar refractivity (Wildman–Crippen MR) is 73.1 cm³/mol. The number of benzene rings is 1. The Balaban J connectivity index is 1.93. The van der Waals surface area contributed by atoms with Crippen LogP contribution in [-0.2, 0) is 16.9 Å². The topological polar surface area (TPSA) is 38.8 Å². The molecule has 1 N–H and O–H groups in total. The number of aromatic amines is 1. The van der Waals surface area contributed by atoms with Gasteiger partial charge in [-0.1, -0.05) is 23.7 Å². The van der Waals surface area contributed by atoms with Crippen molar-refractivity contribution in [3.05, 3.63) is 64.3 Å². The molecule has 17 heavy (non-hydrogen) atoms. The zero-order valence-electron chi connectivity index (χ0n) is 9.10. The van der Waals surface area contributed by atoms with Crippen molar-refractivity contribution in [2.45, 2.75) is 5.75 Å². The first-order valence-corrected chi connectivity index (χ1v) is 6.93. The third-order valence-electron chi connectivity index (χ3n) is 2.24. The summed E-state index contributed by atoms with van der Waals surface area (Å²) in [5.41, 5.74) is 1.97. The average Bonchev–Trinajstić information content (AvgIpc) is 2.83. The van der Waals surface area contributed by atoms with Crippen molar-refractivity contribution < 1.29 is 4.55 Å². The number of halogens is 1. The van der Waals surface area contributed by atoms with E-state index in [9.17, 15) is 4.55 Å². The van der Waals surface area contributed by atoms with E-state index >= 15 is 0 Å². The van der Waals surface area contributed by atoms with Crippen LogP contribution in [-0.4, -0.2) is 9.54 Å². The highest BCUT2D eigenvalue weighted by molar-refractivity contribution is 7.93. The van der Waals surface area contributed by atoms with E-state index in [1.807, 2.05) is 48.7 Å². The molecule has 0 spiro atoms. The first-order valence-electron chi connectivity index (χ1n) is 5.17. The van der Waals surface area contributed by atoms with Crippen molar-refractivity contribution in [3.8, 4) is 0 Å². The number of rotatable bonds is 4. The maximum absolute atomic E-state index is 11.8. The normalized spacial score (nSPS) is 13.1. The summed E-state index contributed by atoms with van der Waals surface area (Å²) in [6.07, 6.45) is 3.66. The molecule has 0 saturated heterocycles. The highest BCUT2D eigenvalue weighted by Crippen LogP contribution is 2.13. The molecule has 0 amide bonds. The Bertz CT molecular complexity index is 479. The molecule has 0 aliphatic rings. The van der Waals surface area contributed by atoms with Gasteiger partial charge in [0.25, 0.3) is 0 Å². The fraction of sp³-hybridized carbons (Fsp3) is 0.0769. The van der Waals surface area contributed by atoms with E-state index in [4.69, 9.17) is 11.6 Å². The Morgan fingerprint density at radius 2 is 2.00 bits per heavy atom. The lowest BCUT2D eigenvalue weighted by Crippen LogP contribution is -1.99. The van der Waals surface area contributed by atoms with Crippen molar-refractivity contribution in [2.24, 2.45) is 0 Å². The van der Waals surface area contributed by atoms with Crippen molar-refractivity contribution in [3.63, 3.8) is 0 Å². The molecule has 2 nitrogen and oxygen atoms in total. The molecule has 88 valence electrons. The van der Waals surface area contributed by atoms with Gasteiger partial charge in [0.2, 0.25) is 0 Å². The van der Waals surface area contributed by atoms with Crippen LogP contribution >= 0.6 is 11.6 Å². The molecule has 1 unspecified atom stereocenters. The molecule has 0 radical (unpaired) electrons. The van der Waals surface area contributed by atoms with Crippen LogP contribution in [0.15, 0.2) is 48.0 Å². The minimum Gasteiger partial charge on any atom is -0.612 e. The Kier molecular flexibility index (Phi) is 4.31. The second kappa shape index (κ2) is 5.96. The lowest BCUT2D eigenvalue weighted by Gasteiger charge is -2.05. The molecule has 2 rings (SSSR count). The molecule has 1 heterocycles. The highest BCUT2D eigenvalue weighted by atomic mass is 35.5. The van der Waals surface area contributed by atoms with Gasteiger partial charge in [-0.25, -0.2) is 0 Å². The van der Waals surface area contributed by atoms with E-state index in [1.165, 1.54) is 0 Å². The van der Waals surface area contributed by atoms with Crippen molar-refractivity contribution >= 4 is 28.9 Å². The third-order valence-corrected chi connectivity index (χ3v) is 3.55. The Labute approximate surface area is 109 Å². The van der Waals surface area contributed by atoms with Crippen LogP contribution in [0, 0.1) is 0 Å².